The Labute approximate surface area is 135 Å². The summed E-state index contributed by atoms with van der Waals surface area (Å²) < 4.78 is 5.34. The van der Waals surface area contributed by atoms with Crippen LogP contribution in [0, 0.1) is 25.2 Å². The van der Waals surface area contributed by atoms with E-state index in [1.165, 1.54) is 11.8 Å². The van der Waals surface area contributed by atoms with Crippen LogP contribution in [-0.4, -0.2) is 15.1 Å². The highest BCUT2D eigenvalue weighted by molar-refractivity contribution is 7.99. The minimum atomic E-state index is -0.0383. The zero-order valence-corrected chi connectivity index (χ0v) is 14.2. The first-order chi connectivity index (χ1) is 10.5. The highest BCUT2D eigenvalue weighted by Gasteiger charge is 2.19. The maximum Gasteiger partial charge on any atom is 0.239 e. The van der Waals surface area contributed by atoms with E-state index in [2.05, 4.69) is 28.1 Å². The van der Waals surface area contributed by atoms with Crippen LogP contribution in [0.2, 0.25) is 0 Å². The lowest BCUT2D eigenvalue weighted by atomic mass is 10.1. The molecule has 0 N–H and O–H groups in total. The number of hydrogen-bond donors (Lipinski definition) is 0. The van der Waals surface area contributed by atoms with Gasteiger partial charge in [-0.15, -0.1) is 0 Å². The van der Waals surface area contributed by atoms with Gasteiger partial charge in [0.15, 0.2) is 5.82 Å². The maximum absolute atomic E-state index is 9.32. The molecule has 116 valence electrons. The number of rotatable bonds is 6. The summed E-state index contributed by atoms with van der Waals surface area (Å²) >= 11 is 1.48. The van der Waals surface area contributed by atoms with Gasteiger partial charge in [-0.25, -0.2) is 4.98 Å². The molecule has 0 fully saturated rings. The van der Waals surface area contributed by atoms with Crippen LogP contribution in [0.25, 0.3) is 0 Å². The monoisotopic (exact) mass is 316 g/mol. The summed E-state index contributed by atoms with van der Waals surface area (Å²) in [5.41, 5.74) is 2.47. The summed E-state index contributed by atoms with van der Waals surface area (Å²) in [4.78, 5) is 8.91. The Kier molecular flexibility index (Phi) is 5.56. The number of hydrogen-bond acceptors (Lipinski definition) is 6. The van der Waals surface area contributed by atoms with Crippen LogP contribution in [0.4, 0.5) is 0 Å². The van der Waals surface area contributed by atoms with E-state index in [-0.39, 0.29) is 5.25 Å². The van der Waals surface area contributed by atoms with Crippen molar-refractivity contribution in [1.82, 2.24) is 15.1 Å². The second-order valence-corrected chi connectivity index (χ2v) is 6.61. The smallest absolute Gasteiger partial charge is 0.239 e. The molecule has 0 amide bonds. The van der Waals surface area contributed by atoms with Gasteiger partial charge in [-0.05, 0) is 38.8 Å². The van der Waals surface area contributed by atoms with E-state index < -0.39 is 0 Å². The van der Waals surface area contributed by atoms with Crippen molar-refractivity contribution < 1.29 is 4.52 Å². The molecule has 22 heavy (non-hydrogen) atoms. The largest absolute Gasteiger partial charge is 0.338 e. The fourth-order valence-electron chi connectivity index (χ4n) is 2.11. The number of nitrogens with zero attached hydrogens (tertiary/aromatic N) is 4. The molecular weight excluding hydrogens is 296 g/mol. The van der Waals surface area contributed by atoms with Gasteiger partial charge in [0.2, 0.25) is 5.89 Å². The molecule has 0 aromatic carbocycles. The minimum Gasteiger partial charge on any atom is -0.338 e. The summed E-state index contributed by atoms with van der Waals surface area (Å²) in [7, 11) is 0. The SMILES string of the molecule is CCCCc1noc(C(C)Sc2nc(C)cc(C)c2C#N)n1. The summed E-state index contributed by atoms with van der Waals surface area (Å²) in [6.07, 6.45) is 2.99. The van der Waals surface area contributed by atoms with Crippen molar-refractivity contribution in [2.45, 2.75) is 57.2 Å². The van der Waals surface area contributed by atoms with Gasteiger partial charge in [0.1, 0.15) is 11.1 Å². The topological polar surface area (TPSA) is 75.6 Å². The van der Waals surface area contributed by atoms with E-state index >= 15 is 0 Å². The van der Waals surface area contributed by atoms with Crippen LogP contribution in [0.3, 0.4) is 0 Å². The molecular formula is C16H20N4OS. The molecule has 1 atom stereocenters. The quantitative estimate of drug-likeness (QED) is 0.745. The molecule has 0 saturated heterocycles. The molecule has 1 unspecified atom stereocenters. The van der Waals surface area contributed by atoms with Crippen molar-refractivity contribution in [3.63, 3.8) is 0 Å². The molecule has 2 aromatic heterocycles. The summed E-state index contributed by atoms with van der Waals surface area (Å²) in [5, 5.41) is 14.0. The van der Waals surface area contributed by atoms with Gasteiger partial charge < -0.3 is 4.52 Å². The van der Waals surface area contributed by atoms with Crippen LogP contribution >= 0.6 is 11.8 Å². The van der Waals surface area contributed by atoms with Crippen molar-refractivity contribution in [1.29, 1.82) is 5.26 Å². The minimum absolute atomic E-state index is 0.0383. The second-order valence-electron chi connectivity index (χ2n) is 5.28. The van der Waals surface area contributed by atoms with E-state index in [0.717, 1.165) is 41.4 Å². The van der Waals surface area contributed by atoms with E-state index in [1.54, 1.807) is 0 Å². The molecule has 0 aliphatic rings. The van der Waals surface area contributed by atoms with Crippen molar-refractivity contribution in [3.05, 3.63) is 34.6 Å². The lowest BCUT2D eigenvalue weighted by Gasteiger charge is -2.10. The van der Waals surface area contributed by atoms with Crippen LogP contribution < -0.4 is 0 Å². The second kappa shape index (κ2) is 7.41. The first kappa shape index (κ1) is 16.5. The van der Waals surface area contributed by atoms with Crippen molar-refractivity contribution >= 4 is 11.8 Å². The molecule has 0 saturated carbocycles. The average molecular weight is 316 g/mol. The number of nitriles is 1. The predicted molar refractivity (Wildman–Crippen MR) is 85.6 cm³/mol. The lowest BCUT2D eigenvalue weighted by Crippen LogP contribution is -1.97. The fraction of sp³-hybridized carbons (Fsp3) is 0.500. The molecule has 5 nitrogen and oxygen atoms in total. The highest BCUT2D eigenvalue weighted by atomic mass is 32.2. The Bertz CT molecular complexity index is 690. The number of unbranched alkanes of at least 4 members (excludes halogenated alkanes) is 1. The van der Waals surface area contributed by atoms with E-state index in [0.29, 0.717) is 11.5 Å². The van der Waals surface area contributed by atoms with Crippen LogP contribution in [0.5, 0.6) is 0 Å². The molecule has 2 rings (SSSR count). The molecule has 0 radical (unpaired) electrons. The van der Waals surface area contributed by atoms with Crippen LogP contribution in [0.1, 0.15) is 60.5 Å². The van der Waals surface area contributed by atoms with Gasteiger partial charge in [-0.1, -0.05) is 30.3 Å². The summed E-state index contributed by atoms with van der Waals surface area (Å²) in [5.74, 6) is 1.33. The standard InChI is InChI=1S/C16H20N4OS/c1-5-6-7-14-19-15(21-20-14)12(4)22-16-13(9-17)10(2)8-11(3)18-16/h8,12H,5-7H2,1-4H3. The van der Waals surface area contributed by atoms with Gasteiger partial charge in [0, 0.05) is 12.1 Å². The number of aryl methyl sites for hydroxylation is 3. The first-order valence-corrected chi connectivity index (χ1v) is 8.30. The fourth-order valence-corrected chi connectivity index (χ4v) is 3.16. The molecule has 0 spiro atoms. The first-order valence-electron chi connectivity index (χ1n) is 7.42. The molecule has 0 bridgehead atoms. The third-order valence-corrected chi connectivity index (χ3v) is 4.37. The van der Waals surface area contributed by atoms with E-state index in [4.69, 9.17) is 4.52 Å². The van der Waals surface area contributed by atoms with Crippen LogP contribution in [0.15, 0.2) is 15.6 Å². The molecule has 6 heteroatoms. The molecule has 2 aromatic rings. The zero-order chi connectivity index (χ0) is 16.1. The van der Waals surface area contributed by atoms with Crippen molar-refractivity contribution in [3.8, 4) is 6.07 Å². The van der Waals surface area contributed by atoms with Gasteiger partial charge in [0.25, 0.3) is 0 Å². The molecule has 0 aliphatic heterocycles. The van der Waals surface area contributed by atoms with Crippen molar-refractivity contribution in [2.75, 3.05) is 0 Å². The van der Waals surface area contributed by atoms with Crippen molar-refractivity contribution in [2.24, 2.45) is 0 Å². The third kappa shape index (κ3) is 3.86. The summed E-state index contributed by atoms with van der Waals surface area (Å²) in [6.45, 7) is 7.98. The third-order valence-electron chi connectivity index (χ3n) is 3.30. The number of aromatic nitrogens is 3. The Balaban J connectivity index is 2.17. The van der Waals surface area contributed by atoms with Crippen LogP contribution in [-0.2, 0) is 6.42 Å². The normalized spacial score (nSPS) is 12.1. The Morgan fingerprint density at radius 1 is 1.36 bits per heavy atom. The van der Waals surface area contributed by atoms with E-state index in [9.17, 15) is 5.26 Å². The maximum atomic E-state index is 9.32. The van der Waals surface area contributed by atoms with Gasteiger partial charge >= 0.3 is 0 Å². The Hall–Kier alpha value is -1.87. The number of thioether (sulfide) groups is 1. The Morgan fingerprint density at radius 2 is 2.14 bits per heavy atom. The lowest BCUT2D eigenvalue weighted by molar-refractivity contribution is 0.374. The zero-order valence-electron chi connectivity index (χ0n) is 13.4. The van der Waals surface area contributed by atoms with Gasteiger partial charge in [0.05, 0.1) is 10.8 Å². The average Bonchev–Trinajstić information content (AvgIpc) is 2.93. The predicted octanol–water partition coefficient (Wildman–Crippen LogP) is 4.15. The summed E-state index contributed by atoms with van der Waals surface area (Å²) in [6, 6.07) is 4.15. The molecule has 2 heterocycles. The molecule has 0 aliphatic carbocycles. The highest BCUT2D eigenvalue weighted by Crippen LogP contribution is 2.35. The Morgan fingerprint density at radius 3 is 2.82 bits per heavy atom. The number of pyridine rings is 1. The van der Waals surface area contributed by atoms with Gasteiger partial charge in [-0.3, -0.25) is 0 Å². The van der Waals surface area contributed by atoms with Gasteiger partial charge in [-0.2, -0.15) is 10.2 Å². The van der Waals surface area contributed by atoms with E-state index in [1.807, 2.05) is 26.8 Å².